The number of hydrogen-bond donors (Lipinski definition) is 0. The number of esters is 2. The molecule has 0 atom stereocenters. The Labute approximate surface area is 278 Å². The SMILES string of the molecule is CCOC(=O)CN(c1ccc(Cl)c2c1cc(CN(CC(=O)OC)S(=O)(=O)c1ccc(OC)cc1)n2C)S(=O)(=O)c1ccc(OC)cc1. The third-order valence-corrected chi connectivity index (χ3v) is 11.2. The minimum atomic E-state index is -4.36. The molecular formula is C31H34ClN3O10S2. The lowest BCUT2D eigenvalue weighted by Gasteiger charge is -2.24. The van der Waals surface area contributed by atoms with E-state index >= 15 is 0 Å². The van der Waals surface area contributed by atoms with Crippen molar-refractivity contribution in [1.82, 2.24) is 8.87 Å². The topological polar surface area (TPSA) is 151 Å². The molecule has 0 amide bonds. The number of carbonyl (C=O) groups excluding carboxylic acids is 2. The van der Waals surface area contributed by atoms with Crippen molar-refractivity contribution in [3.63, 3.8) is 0 Å². The zero-order chi connectivity index (χ0) is 34.5. The molecule has 0 unspecified atom stereocenters. The van der Waals surface area contributed by atoms with Crippen molar-refractivity contribution >= 4 is 60.2 Å². The summed E-state index contributed by atoms with van der Waals surface area (Å²) in [5.41, 5.74) is 0.804. The first-order valence-corrected chi connectivity index (χ1v) is 17.3. The second-order valence-electron chi connectivity index (χ2n) is 10.0. The van der Waals surface area contributed by atoms with Crippen LogP contribution in [0, 0.1) is 0 Å². The maximum Gasteiger partial charge on any atom is 0.326 e. The van der Waals surface area contributed by atoms with E-state index in [4.69, 9.17) is 30.5 Å². The van der Waals surface area contributed by atoms with Gasteiger partial charge in [0.15, 0.2) is 0 Å². The van der Waals surface area contributed by atoms with E-state index in [2.05, 4.69) is 0 Å². The van der Waals surface area contributed by atoms with Crippen LogP contribution in [-0.4, -0.2) is 78.7 Å². The first-order chi connectivity index (χ1) is 22.3. The van der Waals surface area contributed by atoms with E-state index in [0.29, 0.717) is 28.1 Å². The summed E-state index contributed by atoms with van der Waals surface area (Å²) in [5.74, 6) is -0.718. The summed E-state index contributed by atoms with van der Waals surface area (Å²) in [6.07, 6.45) is 0. The van der Waals surface area contributed by atoms with Crippen LogP contribution in [0.4, 0.5) is 5.69 Å². The molecule has 0 N–H and O–H groups in total. The molecule has 0 bridgehead atoms. The predicted molar refractivity (Wildman–Crippen MR) is 175 cm³/mol. The van der Waals surface area contributed by atoms with Gasteiger partial charge in [0, 0.05) is 18.1 Å². The Morgan fingerprint density at radius 1 is 0.787 bits per heavy atom. The minimum Gasteiger partial charge on any atom is -0.497 e. The van der Waals surface area contributed by atoms with Gasteiger partial charge in [0.25, 0.3) is 10.0 Å². The van der Waals surface area contributed by atoms with Crippen molar-refractivity contribution < 1.29 is 45.4 Å². The molecule has 252 valence electrons. The number of hydrogen-bond acceptors (Lipinski definition) is 10. The highest BCUT2D eigenvalue weighted by Crippen LogP contribution is 2.37. The number of aryl methyl sites for hydroxylation is 1. The zero-order valence-electron chi connectivity index (χ0n) is 26.3. The first-order valence-electron chi connectivity index (χ1n) is 14.1. The molecule has 1 heterocycles. The van der Waals surface area contributed by atoms with Crippen LogP contribution in [0.3, 0.4) is 0 Å². The van der Waals surface area contributed by atoms with Gasteiger partial charge >= 0.3 is 11.9 Å². The smallest absolute Gasteiger partial charge is 0.326 e. The van der Waals surface area contributed by atoms with Crippen molar-refractivity contribution in [3.8, 4) is 11.5 Å². The van der Waals surface area contributed by atoms with Gasteiger partial charge in [-0.25, -0.2) is 16.8 Å². The lowest BCUT2D eigenvalue weighted by molar-refractivity contribution is -0.141. The second-order valence-corrected chi connectivity index (χ2v) is 14.2. The van der Waals surface area contributed by atoms with Crippen LogP contribution in [0.25, 0.3) is 10.9 Å². The van der Waals surface area contributed by atoms with Gasteiger partial charge in [-0.15, -0.1) is 0 Å². The fourth-order valence-corrected chi connectivity index (χ4v) is 7.92. The number of halogens is 1. The lowest BCUT2D eigenvalue weighted by atomic mass is 10.2. The van der Waals surface area contributed by atoms with Crippen molar-refractivity contribution in [2.24, 2.45) is 7.05 Å². The van der Waals surface area contributed by atoms with Gasteiger partial charge in [-0.05, 0) is 73.7 Å². The van der Waals surface area contributed by atoms with Crippen LogP contribution in [0.1, 0.15) is 12.6 Å². The molecule has 0 aliphatic carbocycles. The number of aromatic nitrogens is 1. The third kappa shape index (κ3) is 7.48. The summed E-state index contributed by atoms with van der Waals surface area (Å²) in [5, 5.41) is 0.532. The average molecular weight is 708 g/mol. The number of carbonyl (C=O) groups is 2. The quantitative estimate of drug-likeness (QED) is 0.176. The predicted octanol–water partition coefficient (Wildman–Crippen LogP) is 3.97. The summed E-state index contributed by atoms with van der Waals surface area (Å²) in [4.78, 5) is 24.9. The van der Waals surface area contributed by atoms with E-state index in [1.54, 1.807) is 24.6 Å². The number of nitrogens with zero attached hydrogens (tertiary/aromatic N) is 3. The largest absolute Gasteiger partial charge is 0.497 e. The summed E-state index contributed by atoms with van der Waals surface area (Å²) < 4.78 is 79.2. The van der Waals surface area contributed by atoms with E-state index in [9.17, 15) is 26.4 Å². The van der Waals surface area contributed by atoms with Crippen molar-refractivity contribution in [2.45, 2.75) is 23.3 Å². The molecule has 13 nitrogen and oxygen atoms in total. The number of fused-ring (bicyclic) bond motifs is 1. The molecule has 3 aromatic carbocycles. The van der Waals surface area contributed by atoms with Gasteiger partial charge < -0.3 is 23.5 Å². The highest BCUT2D eigenvalue weighted by Gasteiger charge is 2.32. The molecule has 1 aromatic heterocycles. The molecule has 0 saturated heterocycles. The Hall–Kier alpha value is -4.31. The van der Waals surface area contributed by atoms with Crippen LogP contribution >= 0.6 is 11.6 Å². The summed E-state index contributed by atoms with van der Waals surface area (Å²) >= 11 is 6.62. The molecule has 0 saturated carbocycles. The first kappa shape index (κ1) is 35.5. The Morgan fingerprint density at radius 2 is 1.34 bits per heavy atom. The molecule has 0 aliphatic rings. The highest BCUT2D eigenvalue weighted by molar-refractivity contribution is 7.93. The van der Waals surface area contributed by atoms with Crippen molar-refractivity contribution in [3.05, 3.63) is 77.4 Å². The van der Waals surface area contributed by atoms with Crippen LogP contribution in [-0.2, 0) is 52.7 Å². The van der Waals surface area contributed by atoms with Gasteiger partial charge in [-0.1, -0.05) is 11.6 Å². The van der Waals surface area contributed by atoms with E-state index in [0.717, 1.165) is 15.7 Å². The second kappa shape index (κ2) is 14.6. The maximum atomic E-state index is 14.0. The highest BCUT2D eigenvalue weighted by atomic mass is 35.5. The average Bonchev–Trinajstić information content (AvgIpc) is 3.39. The van der Waals surface area contributed by atoms with Crippen LogP contribution in [0.5, 0.6) is 11.5 Å². The van der Waals surface area contributed by atoms with Gasteiger partial charge in [0.2, 0.25) is 10.0 Å². The van der Waals surface area contributed by atoms with Gasteiger partial charge in [-0.3, -0.25) is 13.9 Å². The Balaban J connectivity index is 1.87. The Morgan fingerprint density at radius 3 is 1.85 bits per heavy atom. The third-order valence-electron chi connectivity index (χ3n) is 7.28. The Bertz CT molecular complexity index is 1980. The standard InChI is InChI=1S/C31H34ClN3O10S2/c1-6-45-30(37)20-35(47(40,41)25-13-9-23(43-4)10-14-25)28-16-15-27(32)31-26(28)17-21(33(31)2)18-34(19-29(36)44-5)46(38,39)24-11-7-22(42-3)8-12-24/h7-17H,6,18-20H2,1-5H3. The van der Waals surface area contributed by atoms with Crippen LogP contribution in [0.15, 0.2) is 76.5 Å². The van der Waals surface area contributed by atoms with E-state index in [1.807, 2.05) is 0 Å². The molecule has 47 heavy (non-hydrogen) atoms. The molecule has 0 fully saturated rings. The van der Waals surface area contributed by atoms with Crippen LogP contribution < -0.4 is 13.8 Å². The van der Waals surface area contributed by atoms with Gasteiger partial charge in [0.1, 0.15) is 24.6 Å². The van der Waals surface area contributed by atoms with Crippen LogP contribution in [0.2, 0.25) is 5.02 Å². The normalized spacial score (nSPS) is 11.8. The summed E-state index contributed by atoms with van der Waals surface area (Å²) in [6.45, 7) is 0.0223. The molecule has 0 aliphatic heterocycles. The van der Waals surface area contributed by atoms with Gasteiger partial charge in [-0.2, -0.15) is 4.31 Å². The summed E-state index contributed by atoms with van der Waals surface area (Å²) in [7, 11) is -2.96. The fraction of sp³-hybridized carbons (Fsp3) is 0.290. The lowest BCUT2D eigenvalue weighted by Crippen LogP contribution is -2.36. The Kier molecular flexibility index (Phi) is 11.1. The van der Waals surface area contributed by atoms with Crippen molar-refractivity contribution in [2.75, 3.05) is 45.3 Å². The molecule has 16 heteroatoms. The minimum absolute atomic E-state index is 0.0273. The molecular weight excluding hydrogens is 674 g/mol. The van der Waals surface area contributed by atoms with E-state index in [-0.39, 0.29) is 33.7 Å². The molecule has 0 radical (unpaired) electrons. The molecule has 0 spiro atoms. The maximum absolute atomic E-state index is 14.0. The van der Waals surface area contributed by atoms with Gasteiger partial charge in [0.05, 0.1) is 60.5 Å². The number of anilines is 1. The van der Waals surface area contributed by atoms with Crippen molar-refractivity contribution in [1.29, 1.82) is 0 Å². The van der Waals surface area contributed by atoms with E-state index < -0.39 is 45.1 Å². The number of sulfonamides is 2. The van der Waals surface area contributed by atoms with E-state index in [1.165, 1.54) is 74.9 Å². The molecule has 4 rings (SSSR count). The zero-order valence-corrected chi connectivity index (χ0v) is 28.7. The number of rotatable bonds is 14. The summed E-state index contributed by atoms with van der Waals surface area (Å²) in [6, 6.07) is 15.8. The fourth-order valence-electron chi connectivity index (χ4n) is 4.84. The monoisotopic (exact) mass is 707 g/mol. The number of methoxy groups -OCH3 is 3. The number of benzene rings is 3. The molecule has 4 aromatic rings. The number of ether oxygens (including phenoxy) is 4.